The van der Waals surface area contributed by atoms with Crippen LogP contribution < -0.4 is 20.1 Å². The molecule has 4 heterocycles. The number of pyridine rings is 2. The second-order valence-corrected chi connectivity index (χ2v) is 8.79. The Labute approximate surface area is 202 Å². The number of rotatable bonds is 7. The molecule has 2 N–H and O–H groups in total. The number of amides is 2. The Kier molecular flexibility index (Phi) is 6.36. The highest BCUT2D eigenvalue weighted by Gasteiger charge is 2.17. The van der Waals surface area contributed by atoms with E-state index in [2.05, 4.69) is 25.6 Å². The first-order valence-corrected chi connectivity index (χ1v) is 12.0. The maximum absolute atomic E-state index is 12.9. The van der Waals surface area contributed by atoms with Crippen molar-refractivity contribution >= 4 is 45.7 Å². The van der Waals surface area contributed by atoms with Crippen LogP contribution in [-0.2, 0) is 4.79 Å². The second kappa shape index (κ2) is 9.89. The first-order valence-electron chi connectivity index (χ1n) is 10.1. The molecule has 0 saturated carbocycles. The van der Waals surface area contributed by atoms with Crippen molar-refractivity contribution in [3.63, 3.8) is 0 Å². The van der Waals surface area contributed by atoms with E-state index < -0.39 is 0 Å². The van der Waals surface area contributed by atoms with Gasteiger partial charge in [0.05, 0.1) is 17.0 Å². The monoisotopic (exact) mass is 491 g/mol. The molecule has 9 nitrogen and oxygen atoms in total. The Morgan fingerprint density at radius 3 is 2.74 bits per heavy atom. The maximum Gasteiger partial charge on any atom is 0.260 e. The minimum absolute atomic E-state index is 0.0762. The molecule has 1 aliphatic rings. The van der Waals surface area contributed by atoms with Gasteiger partial charge in [-0.15, -0.1) is 11.3 Å². The summed E-state index contributed by atoms with van der Waals surface area (Å²) in [6.45, 7) is 0.165. The molecule has 0 radical (unpaired) electrons. The molecule has 3 aromatic heterocycles. The van der Waals surface area contributed by atoms with Crippen LogP contribution >= 0.6 is 23.1 Å². The Morgan fingerprint density at radius 2 is 1.85 bits per heavy atom. The summed E-state index contributed by atoms with van der Waals surface area (Å²) in [5.74, 6) is 0.716. The third kappa shape index (κ3) is 5.00. The number of ether oxygens (including phenoxy) is 2. The lowest BCUT2D eigenvalue weighted by molar-refractivity contribution is -0.113. The van der Waals surface area contributed by atoms with Gasteiger partial charge in [0.15, 0.2) is 16.6 Å². The number of nitrogens with one attached hydrogen (secondary N) is 2. The van der Waals surface area contributed by atoms with Gasteiger partial charge >= 0.3 is 0 Å². The summed E-state index contributed by atoms with van der Waals surface area (Å²) < 4.78 is 10.6. The second-order valence-electron chi connectivity index (χ2n) is 6.97. The molecule has 0 saturated heterocycles. The van der Waals surface area contributed by atoms with Gasteiger partial charge in [0.1, 0.15) is 10.7 Å². The molecule has 0 atom stereocenters. The van der Waals surface area contributed by atoms with Crippen LogP contribution in [0.25, 0.3) is 11.4 Å². The predicted molar refractivity (Wildman–Crippen MR) is 129 cm³/mol. The highest BCUT2D eigenvalue weighted by atomic mass is 32.2. The van der Waals surface area contributed by atoms with Gasteiger partial charge in [-0.05, 0) is 36.4 Å². The molecule has 170 valence electrons. The van der Waals surface area contributed by atoms with Crippen molar-refractivity contribution in [3.05, 3.63) is 71.9 Å². The lowest BCUT2D eigenvalue weighted by Crippen LogP contribution is -2.16. The van der Waals surface area contributed by atoms with Crippen LogP contribution in [0.2, 0.25) is 0 Å². The van der Waals surface area contributed by atoms with E-state index in [9.17, 15) is 9.59 Å². The number of thiazole rings is 1. The van der Waals surface area contributed by atoms with Gasteiger partial charge in [0.2, 0.25) is 12.7 Å². The number of carbonyl (C=O) groups excluding carboxylic acids is 2. The van der Waals surface area contributed by atoms with E-state index in [1.807, 2.05) is 23.6 Å². The summed E-state index contributed by atoms with van der Waals surface area (Å²) in [4.78, 5) is 38.3. The number of fused-ring (bicyclic) bond motifs is 1. The number of benzene rings is 1. The summed E-state index contributed by atoms with van der Waals surface area (Å²) in [5, 5.41) is 8.34. The standard InChI is InChI=1S/C23H17N5O4S2/c29-20(26-14-6-7-18-19(10-14)32-13-31-18)12-33-22-15(4-3-9-25-22)21(30)28-23-27-17(11-34-23)16-5-1-2-8-24-16/h1-11H,12-13H2,(H,26,29)(H,27,28,30). The fourth-order valence-corrected chi connectivity index (χ4v) is 4.60. The largest absolute Gasteiger partial charge is 0.454 e. The van der Waals surface area contributed by atoms with E-state index in [4.69, 9.17) is 9.47 Å². The van der Waals surface area contributed by atoms with Gasteiger partial charge in [-0.3, -0.25) is 19.9 Å². The van der Waals surface area contributed by atoms with E-state index in [0.29, 0.717) is 38.6 Å². The molecule has 0 bridgehead atoms. The van der Waals surface area contributed by atoms with Crippen LogP contribution in [0, 0.1) is 0 Å². The Hall–Kier alpha value is -3.96. The Balaban J connectivity index is 1.21. The van der Waals surface area contributed by atoms with E-state index in [1.165, 1.54) is 23.1 Å². The molecular formula is C23H17N5O4S2. The van der Waals surface area contributed by atoms with Crippen LogP contribution in [0.5, 0.6) is 11.5 Å². The van der Waals surface area contributed by atoms with E-state index in [-0.39, 0.29) is 24.4 Å². The number of aromatic nitrogens is 3. The van der Waals surface area contributed by atoms with Gasteiger partial charge in [0, 0.05) is 29.5 Å². The van der Waals surface area contributed by atoms with Crippen molar-refractivity contribution in [1.82, 2.24) is 15.0 Å². The van der Waals surface area contributed by atoms with E-state index in [1.54, 1.807) is 42.7 Å². The number of anilines is 2. The lowest BCUT2D eigenvalue weighted by atomic mass is 10.3. The van der Waals surface area contributed by atoms with Crippen molar-refractivity contribution in [1.29, 1.82) is 0 Å². The number of nitrogens with zero attached hydrogens (tertiary/aromatic N) is 3. The summed E-state index contributed by atoms with van der Waals surface area (Å²) >= 11 is 2.48. The molecule has 5 rings (SSSR count). The van der Waals surface area contributed by atoms with E-state index >= 15 is 0 Å². The van der Waals surface area contributed by atoms with Crippen LogP contribution in [0.3, 0.4) is 0 Å². The fourth-order valence-electron chi connectivity index (χ4n) is 3.11. The average Bonchev–Trinajstić information content (AvgIpc) is 3.53. The zero-order valence-electron chi connectivity index (χ0n) is 17.6. The quantitative estimate of drug-likeness (QED) is 0.368. The lowest BCUT2D eigenvalue weighted by Gasteiger charge is -2.08. The molecule has 0 fully saturated rings. The number of carbonyl (C=O) groups is 2. The van der Waals surface area contributed by atoms with Crippen LogP contribution in [0.15, 0.2) is 71.3 Å². The van der Waals surface area contributed by atoms with Crippen molar-refractivity contribution < 1.29 is 19.1 Å². The van der Waals surface area contributed by atoms with Crippen molar-refractivity contribution in [3.8, 4) is 22.9 Å². The van der Waals surface area contributed by atoms with Crippen molar-refractivity contribution in [2.24, 2.45) is 0 Å². The third-order valence-electron chi connectivity index (χ3n) is 4.66. The summed E-state index contributed by atoms with van der Waals surface area (Å²) in [5.41, 5.74) is 2.37. The smallest absolute Gasteiger partial charge is 0.260 e. The zero-order valence-corrected chi connectivity index (χ0v) is 19.2. The van der Waals surface area contributed by atoms with Gasteiger partial charge in [-0.1, -0.05) is 17.8 Å². The highest BCUT2D eigenvalue weighted by molar-refractivity contribution is 8.00. The zero-order chi connectivity index (χ0) is 23.3. The first-order chi connectivity index (χ1) is 16.7. The molecule has 0 spiro atoms. The Morgan fingerprint density at radius 1 is 0.971 bits per heavy atom. The highest BCUT2D eigenvalue weighted by Crippen LogP contribution is 2.34. The van der Waals surface area contributed by atoms with Crippen LogP contribution in [0.4, 0.5) is 10.8 Å². The first kappa shape index (κ1) is 21.9. The predicted octanol–water partition coefficient (Wildman–Crippen LogP) is 4.31. The van der Waals surface area contributed by atoms with Crippen LogP contribution in [-0.4, -0.2) is 39.3 Å². The average molecular weight is 492 g/mol. The molecular weight excluding hydrogens is 474 g/mol. The molecule has 34 heavy (non-hydrogen) atoms. The molecule has 1 aliphatic heterocycles. The molecule has 4 aromatic rings. The number of hydrogen-bond donors (Lipinski definition) is 2. The van der Waals surface area contributed by atoms with Gasteiger partial charge in [0.25, 0.3) is 5.91 Å². The molecule has 0 unspecified atom stereocenters. The van der Waals surface area contributed by atoms with Gasteiger partial charge < -0.3 is 14.8 Å². The SMILES string of the molecule is O=C(CSc1ncccc1C(=O)Nc1nc(-c2ccccn2)cs1)Nc1ccc2c(c1)OCO2. The molecule has 1 aromatic carbocycles. The minimum atomic E-state index is -0.353. The molecule has 0 aliphatic carbocycles. The summed E-state index contributed by atoms with van der Waals surface area (Å²) in [6, 6.07) is 14.1. The van der Waals surface area contributed by atoms with Crippen molar-refractivity contribution in [2.45, 2.75) is 5.03 Å². The van der Waals surface area contributed by atoms with Gasteiger partial charge in [-0.25, -0.2) is 9.97 Å². The van der Waals surface area contributed by atoms with Gasteiger partial charge in [-0.2, -0.15) is 0 Å². The molecule has 2 amide bonds. The van der Waals surface area contributed by atoms with E-state index in [0.717, 1.165) is 5.69 Å². The van der Waals surface area contributed by atoms with Crippen molar-refractivity contribution in [2.75, 3.05) is 23.2 Å². The maximum atomic E-state index is 12.9. The number of hydrogen-bond acceptors (Lipinski definition) is 9. The fraction of sp³-hybridized carbons (Fsp3) is 0.0870. The van der Waals surface area contributed by atoms with Crippen LogP contribution in [0.1, 0.15) is 10.4 Å². The minimum Gasteiger partial charge on any atom is -0.454 e. The topological polar surface area (TPSA) is 115 Å². The Bertz CT molecular complexity index is 1350. The third-order valence-corrected chi connectivity index (χ3v) is 6.43. The summed E-state index contributed by atoms with van der Waals surface area (Å²) in [6.07, 6.45) is 3.27. The summed E-state index contributed by atoms with van der Waals surface area (Å²) in [7, 11) is 0. The molecule has 11 heteroatoms. The number of thioether (sulfide) groups is 1. The normalized spacial score (nSPS) is 11.8.